The number of benzene rings is 1. The molecule has 3 rings (SSSR count). The molecule has 2 aliphatic rings. The molecule has 0 spiro atoms. The smallest absolute Gasteiger partial charge is 0.338 e. The zero-order valence-electron chi connectivity index (χ0n) is 16.8. The van der Waals surface area contributed by atoms with Gasteiger partial charge in [0.15, 0.2) is 6.61 Å². The third kappa shape index (κ3) is 5.71. The molecule has 28 heavy (non-hydrogen) atoms. The highest BCUT2D eigenvalue weighted by Gasteiger charge is 2.28. The lowest BCUT2D eigenvalue weighted by atomic mass is 9.78. The molecule has 154 valence electrons. The van der Waals surface area contributed by atoms with Gasteiger partial charge < -0.3 is 19.5 Å². The van der Waals surface area contributed by atoms with Crippen LogP contribution in [0.2, 0.25) is 0 Å². The van der Waals surface area contributed by atoms with E-state index in [1.54, 1.807) is 24.3 Å². The second kappa shape index (κ2) is 9.92. The predicted octanol–water partition coefficient (Wildman–Crippen LogP) is 3.34. The number of carbonyl (C=O) groups is 2. The molecule has 1 aromatic rings. The first kappa shape index (κ1) is 20.6. The minimum atomic E-state index is -0.508. The maximum absolute atomic E-state index is 12.2. The fourth-order valence-electron chi connectivity index (χ4n) is 3.90. The molecule has 1 aromatic carbocycles. The van der Waals surface area contributed by atoms with Crippen LogP contribution in [0.25, 0.3) is 0 Å². The lowest BCUT2D eigenvalue weighted by Gasteiger charge is -2.34. The van der Waals surface area contributed by atoms with Crippen LogP contribution in [0, 0.1) is 11.8 Å². The van der Waals surface area contributed by atoms with Crippen molar-refractivity contribution in [2.24, 2.45) is 11.8 Å². The number of rotatable bonds is 7. The molecule has 6 nitrogen and oxygen atoms in total. The van der Waals surface area contributed by atoms with Crippen LogP contribution in [-0.4, -0.2) is 43.8 Å². The third-order valence-corrected chi connectivity index (χ3v) is 5.94. The van der Waals surface area contributed by atoms with Crippen LogP contribution < -0.4 is 10.1 Å². The number of amides is 1. The summed E-state index contributed by atoms with van der Waals surface area (Å²) < 4.78 is 16.4. The van der Waals surface area contributed by atoms with Crippen molar-refractivity contribution in [1.29, 1.82) is 0 Å². The van der Waals surface area contributed by atoms with E-state index in [0.29, 0.717) is 29.8 Å². The molecule has 4 atom stereocenters. The Kier molecular flexibility index (Phi) is 7.31. The monoisotopic (exact) mass is 389 g/mol. The molecule has 6 heteroatoms. The number of hydrogen-bond donors (Lipinski definition) is 1. The maximum Gasteiger partial charge on any atom is 0.338 e. The lowest BCUT2D eigenvalue weighted by Crippen LogP contribution is -2.45. The zero-order chi connectivity index (χ0) is 19.9. The van der Waals surface area contributed by atoms with Crippen molar-refractivity contribution < 1.29 is 23.8 Å². The molecule has 1 amide bonds. The molecule has 0 aromatic heterocycles. The predicted molar refractivity (Wildman–Crippen MR) is 105 cm³/mol. The van der Waals surface area contributed by atoms with E-state index in [4.69, 9.17) is 14.2 Å². The zero-order valence-corrected chi connectivity index (χ0v) is 16.8. The van der Waals surface area contributed by atoms with Gasteiger partial charge in [0.2, 0.25) is 0 Å². The molecule has 1 heterocycles. The SMILES string of the molecule is C[C@@H]1[C@H](C)CCC[C@H]1NC(=O)COC(=O)c1ccc(OC[C@@H]2CCCO2)cc1. The van der Waals surface area contributed by atoms with Gasteiger partial charge in [-0.1, -0.05) is 26.7 Å². The van der Waals surface area contributed by atoms with Crippen LogP contribution in [-0.2, 0) is 14.3 Å². The molecule has 1 aliphatic carbocycles. The van der Waals surface area contributed by atoms with E-state index in [1.165, 1.54) is 6.42 Å². The van der Waals surface area contributed by atoms with Crippen molar-refractivity contribution in [2.75, 3.05) is 19.8 Å². The number of nitrogens with one attached hydrogen (secondary N) is 1. The molecular weight excluding hydrogens is 358 g/mol. The van der Waals surface area contributed by atoms with Gasteiger partial charge in [-0.15, -0.1) is 0 Å². The summed E-state index contributed by atoms with van der Waals surface area (Å²) in [6, 6.07) is 6.93. The van der Waals surface area contributed by atoms with Crippen LogP contribution >= 0.6 is 0 Å². The molecular formula is C22H31NO5. The largest absolute Gasteiger partial charge is 0.491 e. The minimum Gasteiger partial charge on any atom is -0.491 e. The van der Waals surface area contributed by atoms with Crippen molar-refractivity contribution in [3.05, 3.63) is 29.8 Å². The molecule has 1 saturated heterocycles. The van der Waals surface area contributed by atoms with E-state index in [-0.39, 0.29) is 24.7 Å². The maximum atomic E-state index is 12.2. The quantitative estimate of drug-likeness (QED) is 0.724. The summed E-state index contributed by atoms with van der Waals surface area (Å²) >= 11 is 0. The summed E-state index contributed by atoms with van der Waals surface area (Å²) in [6.45, 7) is 5.45. The first-order valence-corrected chi connectivity index (χ1v) is 10.3. The molecule has 0 unspecified atom stereocenters. The Morgan fingerprint density at radius 1 is 1.11 bits per heavy atom. The van der Waals surface area contributed by atoms with Crippen LogP contribution in [0.1, 0.15) is 56.3 Å². The van der Waals surface area contributed by atoms with Crippen LogP contribution in [0.15, 0.2) is 24.3 Å². The third-order valence-electron chi connectivity index (χ3n) is 5.94. The summed E-state index contributed by atoms with van der Waals surface area (Å²) in [5.74, 6) is 0.977. The molecule has 0 radical (unpaired) electrons. The number of carbonyl (C=O) groups excluding carboxylic acids is 2. The Labute approximate surface area is 166 Å². The summed E-state index contributed by atoms with van der Waals surface area (Å²) in [7, 11) is 0. The Bertz CT molecular complexity index is 653. The highest BCUT2D eigenvalue weighted by Crippen LogP contribution is 2.29. The second-order valence-corrected chi connectivity index (χ2v) is 7.99. The van der Waals surface area contributed by atoms with Gasteiger partial charge in [-0.2, -0.15) is 0 Å². The van der Waals surface area contributed by atoms with Crippen molar-refractivity contribution in [2.45, 2.75) is 58.1 Å². The fraction of sp³-hybridized carbons (Fsp3) is 0.636. The second-order valence-electron chi connectivity index (χ2n) is 7.99. The summed E-state index contributed by atoms with van der Waals surface area (Å²) in [6.07, 6.45) is 5.56. The van der Waals surface area contributed by atoms with Gasteiger partial charge in [-0.3, -0.25) is 4.79 Å². The van der Waals surface area contributed by atoms with E-state index in [0.717, 1.165) is 32.3 Å². The molecule has 0 bridgehead atoms. The fourth-order valence-corrected chi connectivity index (χ4v) is 3.90. The van der Waals surface area contributed by atoms with Crippen molar-refractivity contribution in [3.8, 4) is 5.75 Å². The van der Waals surface area contributed by atoms with Crippen molar-refractivity contribution in [3.63, 3.8) is 0 Å². The number of esters is 1. The highest BCUT2D eigenvalue weighted by atomic mass is 16.5. The highest BCUT2D eigenvalue weighted by molar-refractivity contribution is 5.91. The lowest BCUT2D eigenvalue weighted by molar-refractivity contribution is -0.125. The van der Waals surface area contributed by atoms with E-state index < -0.39 is 5.97 Å². The van der Waals surface area contributed by atoms with Gasteiger partial charge in [0.25, 0.3) is 5.91 Å². The summed E-state index contributed by atoms with van der Waals surface area (Å²) in [5.41, 5.74) is 0.400. The topological polar surface area (TPSA) is 73.9 Å². The van der Waals surface area contributed by atoms with Gasteiger partial charge in [0, 0.05) is 12.6 Å². The number of ether oxygens (including phenoxy) is 3. The van der Waals surface area contributed by atoms with E-state index in [2.05, 4.69) is 19.2 Å². The number of hydrogen-bond acceptors (Lipinski definition) is 5. The van der Waals surface area contributed by atoms with Gasteiger partial charge in [0.1, 0.15) is 12.4 Å². The average Bonchev–Trinajstić information content (AvgIpc) is 3.22. The molecule has 1 N–H and O–H groups in total. The average molecular weight is 389 g/mol. The van der Waals surface area contributed by atoms with Gasteiger partial charge in [-0.25, -0.2) is 4.79 Å². The Morgan fingerprint density at radius 3 is 2.61 bits per heavy atom. The van der Waals surface area contributed by atoms with E-state index in [9.17, 15) is 9.59 Å². The van der Waals surface area contributed by atoms with Gasteiger partial charge >= 0.3 is 5.97 Å². The van der Waals surface area contributed by atoms with E-state index in [1.807, 2.05) is 0 Å². The Hall–Kier alpha value is -2.08. The Balaban J connectivity index is 1.40. The van der Waals surface area contributed by atoms with Gasteiger partial charge in [-0.05, 0) is 55.4 Å². The standard InChI is InChI=1S/C22H31NO5/c1-15-5-3-7-20(16(15)2)23-21(24)14-28-22(25)17-8-10-18(11-9-17)27-13-19-6-4-12-26-19/h8-11,15-16,19-20H,3-7,12-14H2,1-2H3,(H,23,24)/t15-,16-,19+,20-/m1/s1. The first-order valence-electron chi connectivity index (χ1n) is 10.3. The summed E-state index contributed by atoms with van der Waals surface area (Å²) in [5, 5.41) is 3.01. The normalized spacial score (nSPS) is 27.2. The van der Waals surface area contributed by atoms with Crippen molar-refractivity contribution >= 4 is 11.9 Å². The van der Waals surface area contributed by atoms with Crippen LogP contribution in [0.4, 0.5) is 0 Å². The minimum absolute atomic E-state index is 0.151. The summed E-state index contributed by atoms with van der Waals surface area (Å²) in [4.78, 5) is 24.3. The molecule has 2 fully saturated rings. The Morgan fingerprint density at radius 2 is 1.89 bits per heavy atom. The first-order chi connectivity index (χ1) is 13.5. The van der Waals surface area contributed by atoms with Crippen molar-refractivity contribution in [1.82, 2.24) is 5.32 Å². The molecule has 1 aliphatic heterocycles. The van der Waals surface area contributed by atoms with Crippen LogP contribution in [0.5, 0.6) is 5.75 Å². The van der Waals surface area contributed by atoms with E-state index >= 15 is 0 Å². The van der Waals surface area contributed by atoms with Gasteiger partial charge in [0.05, 0.1) is 11.7 Å². The molecule has 1 saturated carbocycles. The van der Waals surface area contributed by atoms with Crippen LogP contribution in [0.3, 0.4) is 0 Å².